The Morgan fingerprint density at radius 3 is 1.19 bits per heavy atom. The van der Waals surface area contributed by atoms with Crippen LogP contribution < -0.4 is 24.2 Å². The van der Waals surface area contributed by atoms with Crippen molar-refractivity contribution in [1.29, 1.82) is 0 Å². The van der Waals surface area contributed by atoms with Crippen molar-refractivity contribution in [3.63, 3.8) is 0 Å². The van der Waals surface area contributed by atoms with Crippen molar-refractivity contribution < 1.29 is 19.1 Å². The fraction of sp³-hybridized carbons (Fsp3) is 0.185. The Hall–Kier alpha value is -7.52. The third-order valence-electron chi connectivity index (χ3n) is 11.4. The van der Waals surface area contributed by atoms with Crippen molar-refractivity contribution in [2.75, 3.05) is 41.0 Å². The van der Waals surface area contributed by atoms with E-state index in [0.717, 1.165) is 62.5 Å². The molecule has 0 saturated carbocycles. The van der Waals surface area contributed by atoms with Crippen molar-refractivity contribution in [1.82, 2.24) is 0 Å². The molecule has 0 bridgehead atoms. The summed E-state index contributed by atoms with van der Waals surface area (Å²) >= 11 is 0. The Morgan fingerprint density at radius 2 is 0.810 bits per heavy atom. The molecule has 9 nitrogen and oxygen atoms in total. The van der Waals surface area contributed by atoms with E-state index in [-0.39, 0.29) is 0 Å². The molecule has 0 aliphatic carbocycles. The first-order valence-corrected chi connectivity index (χ1v) is 21.5. The number of oxime groups is 2. The first-order valence-electron chi connectivity index (χ1n) is 21.5. The van der Waals surface area contributed by atoms with Crippen LogP contribution in [0.3, 0.4) is 0 Å². The maximum absolute atomic E-state index is 6.32. The molecule has 0 saturated heterocycles. The lowest BCUT2D eigenvalue weighted by Gasteiger charge is -2.26. The van der Waals surface area contributed by atoms with Crippen molar-refractivity contribution in [2.45, 2.75) is 40.2 Å². The minimum Gasteiger partial charge on any atom is -0.492 e. The summed E-state index contributed by atoms with van der Waals surface area (Å²) in [7, 11) is 0. The van der Waals surface area contributed by atoms with Gasteiger partial charge in [0.25, 0.3) is 0 Å². The van der Waals surface area contributed by atoms with Gasteiger partial charge in [-0.1, -0.05) is 124 Å². The van der Waals surface area contributed by atoms with Crippen LogP contribution in [0.2, 0.25) is 0 Å². The predicted octanol–water partition coefficient (Wildman–Crippen LogP) is 11.7. The Bertz CT molecular complexity index is 2480. The fourth-order valence-electron chi connectivity index (χ4n) is 7.75. The molecular weight excluding hydrogens is 783 g/mol. The van der Waals surface area contributed by atoms with E-state index in [9.17, 15) is 0 Å². The number of hydrogen-bond acceptors (Lipinski definition) is 9. The highest BCUT2D eigenvalue weighted by atomic mass is 16.7. The molecule has 0 amide bonds. The average Bonchev–Trinajstić information content (AvgIpc) is 3.96. The van der Waals surface area contributed by atoms with E-state index in [4.69, 9.17) is 19.1 Å². The zero-order valence-corrected chi connectivity index (χ0v) is 36.1. The standard InChI is InChI=1S/C54H51N5O4/c1-38-10-18-42(19-11-38)51-55-62-53(58(51)47-26-14-40(3)15-27-47)44-22-30-49(31-23-44)60-36-34-57(46-8-6-5-7-9-46)35-37-61-50-32-24-45(25-33-50)54-59(48-28-16-41(4)17-29-48)52(56-63-54)43-20-12-39(2)13-21-43/h5-33,53-54H,34-37H2,1-4H3. The number of amidine groups is 2. The number of para-hydroxylation sites is 1. The molecule has 63 heavy (non-hydrogen) atoms. The van der Waals surface area contributed by atoms with Gasteiger partial charge in [-0.25, -0.2) is 0 Å². The summed E-state index contributed by atoms with van der Waals surface area (Å²) in [6, 6.07) is 60.2. The molecule has 0 aromatic heterocycles. The van der Waals surface area contributed by atoms with E-state index < -0.39 is 12.5 Å². The van der Waals surface area contributed by atoms with Crippen LogP contribution in [0.4, 0.5) is 17.1 Å². The number of aryl methyl sites for hydroxylation is 4. The molecular formula is C54H51N5O4. The summed E-state index contributed by atoms with van der Waals surface area (Å²) in [6.07, 6.45) is -0.837. The largest absolute Gasteiger partial charge is 0.492 e. The van der Waals surface area contributed by atoms with E-state index in [1.54, 1.807) is 0 Å². The van der Waals surface area contributed by atoms with Crippen LogP contribution in [-0.4, -0.2) is 38.0 Å². The predicted molar refractivity (Wildman–Crippen MR) is 253 cm³/mol. The smallest absolute Gasteiger partial charge is 0.231 e. The second-order valence-corrected chi connectivity index (χ2v) is 16.0. The van der Waals surface area contributed by atoms with Gasteiger partial charge in [-0.15, -0.1) is 0 Å². The van der Waals surface area contributed by atoms with Crippen molar-refractivity contribution in [3.8, 4) is 11.5 Å². The summed E-state index contributed by atoms with van der Waals surface area (Å²) in [4.78, 5) is 18.8. The lowest BCUT2D eigenvalue weighted by molar-refractivity contribution is 0.0867. The zero-order chi connectivity index (χ0) is 43.1. The number of nitrogens with zero attached hydrogens (tertiary/aromatic N) is 5. The topological polar surface area (TPSA) is 71.4 Å². The maximum atomic E-state index is 6.32. The van der Waals surface area contributed by atoms with Crippen LogP contribution in [0, 0.1) is 27.7 Å². The minimum absolute atomic E-state index is 0.418. The zero-order valence-electron chi connectivity index (χ0n) is 36.1. The van der Waals surface area contributed by atoms with Crippen molar-refractivity contribution in [3.05, 3.63) is 220 Å². The third-order valence-corrected chi connectivity index (χ3v) is 11.4. The van der Waals surface area contributed by atoms with Gasteiger partial charge in [0, 0.05) is 39.3 Å². The first-order chi connectivity index (χ1) is 30.9. The number of hydrogen-bond donors (Lipinski definition) is 0. The van der Waals surface area contributed by atoms with Crippen molar-refractivity contribution >= 4 is 28.7 Å². The average molecular weight is 834 g/mol. The second-order valence-electron chi connectivity index (χ2n) is 16.0. The highest BCUT2D eigenvalue weighted by molar-refractivity contribution is 6.11. The molecule has 7 aromatic rings. The number of benzene rings is 7. The maximum Gasteiger partial charge on any atom is 0.231 e. The molecule has 2 atom stereocenters. The van der Waals surface area contributed by atoms with Gasteiger partial charge in [-0.2, -0.15) is 0 Å². The molecule has 0 fully saturated rings. The van der Waals surface area contributed by atoms with Gasteiger partial charge < -0.3 is 24.0 Å². The van der Waals surface area contributed by atoms with Gasteiger partial charge in [0.2, 0.25) is 12.5 Å². The van der Waals surface area contributed by atoms with Crippen LogP contribution in [0.15, 0.2) is 186 Å². The molecule has 0 radical (unpaired) electrons. The van der Waals surface area contributed by atoms with Gasteiger partial charge in [0.15, 0.2) is 11.7 Å². The quantitative estimate of drug-likeness (QED) is 0.102. The summed E-state index contributed by atoms with van der Waals surface area (Å²) in [5.74, 6) is 3.12. The first kappa shape index (κ1) is 40.9. The highest BCUT2D eigenvalue weighted by Crippen LogP contribution is 2.38. The Labute approximate surface area is 370 Å². The van der Waals surface area contributed by atoms with Crippen LogP contribution in [-0.2, 0) is 9.68 Å². The van der Waals surface area contributed by atoms with E-state index in [1.165, 1.54) is 22.3 Å². The number of ether oxygens (including phenoxy) is 2. The molecule has 2 aliphatic heterocycles. The lowest BCUT2D eigenvalue weighted by Crippen LogP contribution is -2.32. The monoisotopic (exact) mass is 833 g/mol. The van der Waals surface area contributed by atoms with Gasteiger partial charge in [-0.3, -0.25) is 9.80 Å². The van der Waals surface area contributed by atoms with Crippen LogP contribution in [0.1, 0.15) is 57.0 Å². The van der Waals surface area contributed by atoms with Crippen LogP contribution in [0.25, 0.3) is 0 Å². The fourth-order valence-corrected chi connectivity index (χ4v) is 7.75. The van der Waals surface area contributed by atoms with Gasteiger partial charge in [0.1, 0.15) is 24.7 Å². The molecule has 0 N–H and O–H groups in total. The molecule has 2 unspecified atom stereocenters. The number of rotatable bonds is 15. The van der Waals surface area contributed by atoms with Gasteiger partial charge >= 0.3 is 0 Å². The summed E-state index contributed by atoms with van der Waals surface area (Å²) in [6.45, 7) is 10.7. The van der Waals surface area contributed by atoms with E-state index in [2.05, 4.69) is 198 Å². The van der Waals surface area contributed by atoms with Crippen LogP contribution >= 0.6 is 0 Å². The van der Waals surface area contributed by atoms with E-state index >= 15 is 0 Å². The number of anilines is 3. The van der Waals surface area contributed by atoms with E-state index in [1.807, 2.05) is 30.3 Å². The summed E-state index contributed by atoms with van der Waals surface area (Å²) < 4.78 is 12.6. The Balaban J connectivity index is 0.823. The third kappa shape index (κ3) is 9.38. The van der Waals surface area contributed by atoms with Gasteiger partial charge in [-0.05, 0) is 113 Å². The lowest BCUT2D eigenvalue weighted by atomic mass is 10.1. The molecule has 9 rings (SSSR count). The van der Waals surface area contributed by atoms with Crippen molar-refractivity contribution in [2.24, 2.45) is 10.3 Å². The molecule has 7 aromatic carbocycles. The second kappa shape index (κ2) is 18.6. The molecule has 2 aliphatic rings. The molecule has 316 valence electrons. The summed E-state index contributed by atoms with van der Waals surface area (Å²) in [5.41, 5.74) is 11.9. The minimum atomic E-state index is -0.418. The van der Waals surface area contributed by atoms with E-state index in [0.29, 0.717) is 26.3 Å². The van der Waals surface area contributed by atoms with Gasteiger partial charge in [0.05, 0.1) is 13.1 Å². The Kier molecular flexibility index (Phi) is 12.1. The SMILES string of the molecule is Cc1ccc(C2=NOC(c3ccc(OCCN(CCOc4ccc(C5ON=C(c6ccc(C)cc6)N5c5ccc(C)cc5)cc4)c4ccccc4)cc3)N2c2ccc(C)cc2)cc1. The Morgan fingerprint density at radius 1 is 0.444 bits per heavy atom. The highest BCUT2D eigenvalue weighted by Gasteiger charge is 2.35. The molecule has 0 spiro atoms. The van der Waals surface area contributed by atoms with Crippen LogP contribution in [0.5, 0.6) is 11.5 Å². The molecule has 9 heteroatoms. The normalized spacial score (nSPS) is 15.6. The summed E-state index contributed by atoms with van der Waals surface area (Å²) in [5, 5.41) is 9.14. The molecule has 2 heterocycles.